The monoisotopic (exact) mass is 397 g/mol. The average molecular weight is 397 g/mol. The summed E-state index contributed by atoms with van der Waals surface area (Å²) in [6.45, 7) is -0.753. The molecule has 12 heteroatoms. The van der Waals surface area contributed by atoms with E-state index in [9.17, 15) is 22.4 Å². The third kappa shape index (κ3) is 5.40. The van der Waals surface area contributed by atoms with Crippen LogP contribution in [0.15, 0.2) is 30.2 Å². The van der Waals surface area contributed by atoms with Gasteiger partial charge in [-0.05, 0) is 12.1 Å². The van der Waals surface area contributed by atoms with Crippen molar-refractivity contribution in [3.8, 4) is 0 Å². The van der Waals surface area contributed by atoms with E-state index in [0.717, 1.165) is 18.5 Å². The fourth-order valence-corrected chi connectivity index (χ4v) is 1.96. The van der Waals surface area contributed by atoms with Crippen molar-refractivity contribution < 1.29 is 22.4 Å². The molecular weight excluding hydrogens is 382 g/mol. The third-order valence-corrected chi connectivity index (χ3v) is 3.26. The van der Waals surface area contributed by atoms with Gasteiger partial charge in [0, 0.05) is 24.5 Å². The molecule has 0 bridgehead atoms. The topological polar surface area (TPSA) is 129 Å². The quantitative estimate of drug-likeness (QED) is 0.249. The van der Waals surface area contributed by atoms with E-state index in [4.69, 9.17) is 11.1 Å². The van der Waals surface area contributed by atoms with E-state index in [1.54, 1.807) is 0 Å². The largest absolute Gasteiger partial charge is 0.380 e. The standard InChI is InChI=1S/C16H15F4N7O/c17-10-1-2-11(18)14(20)9(10)5-24-15-12(19)6-25-16(27-15)26-8(3-21)4-23-7-13(22)28/h1-4,6,21,23H,5,7H2,(H2,22,28)(H2,24,25,26,27)/b8-4+,21-3?. The van der Waals surface area contributed by atoms with Crippen LogP contribution in [-0.4, -0.2) is 28.6 Å². The number of nitrogens with one attached hydrogen (secondary N) is 4. The van der Waals surface area contributed by atoms with Crippen LogP contribution in [0.2, 0.25) is 0 Å². The molecule has 148 valence electrons. The van der Waals surface area contributed by atoms with Gasteiger partial charge in [-0.15, -0.1) is 0 Å². The first-order chi connectivity index (χ1) is 13.3. The zero-order valence-corrected chi connectivity index (χ0v) is 14.2. The van der Waals surface area contributed by atoms with Crippen molar-refractivity contribution >= 4 is 23.9 Å². The van der Waals surface area contributed by atoms with Crippen LogP contribution in [0.4, 0.5) is 29.3 Å². The molecule has 0 aliphatic rings. The highest BCUT2D eigenvalue weighted by atomic mass is 19.2. The molecule has 0 radical (unpaired) electrons. The van der Waals surface area contributed by atoms with Gasteiger partial charge in [0.25, 0.3) is 0 Å². The van der Waals surface area contributed by atoms with E-state index in [1.807, 2.05) is 0 Å². The van der Waals surface area contributed by atoms with E-state index in [-0.39, 0.29) is 18.2 Å². The first-order valence-electron chi connectivity index (χ1n) is 7.70. The fraction of sp³-hybridized carbons (Fsp3) is 0.125. The Labute approximate surface area is 156 Å². The molecule has 0 aliphatic carbocycles. The summed E-state index contributed by atoms with van der Waals surface area (Å²) in [5.41, 5.74) is 4.45. The number of hydrogen-bond acceptors (Lipinski definition) is 7. The van der Waals surface area contributed by atoms with Crippen LogP contribution in [0, 0.1) is 28.7 Å². The summed E-state index contributed by atoms with van der Waals surface area (Å²) in [7, 11) is 0. The number of carbonyl (C=O) groups is 1. The molecule has 0 aliphatic heterocycles. The van der Waals surface area contributed by atoms with Crippen LogP contribution in [0.1, 0.15) is 5.56 Å². The molecule has 2 rings (SSSR count). The van der Waals surface area contributed by atoms with Crippen molar-refractivity contribution in [2.75, 3.05) is 17.2 Å². The SMILES string of the molecule is N=C/C(=C\NCC(N)=O)Nc1ncc(F)c(NCc2c(F)ccc(F)c2F)n1. The molecule has 0 saturated heterocycles. The Kier molecular flexibility index (Phi) is 6.84. The van der Waals surface area contributed by atoms with Gasteiger partial charge >= 0.3 is 0 Å². The van der Waals surface area contributed by atoms with Gasteiger partial charge in [0.05, 0.1) is 18.4 Å². The van der Waals surface area contributed by atoms with Crippen molar-refractivity contribution in [2.45, 2.75) is 6.54 Å². The van der Waals surface area contributed by atoms with Crippen LogP contribution in [-0.2, 0) is 11.3 Å². The molecule has 0 unspecified atom stereocenters. The molecule has 1 aromatic heterocycles. The molecule has 6 N–H and O–H groups in total. The van der Waals surface area contributed by atoms with Crippen molar-refractivity contribution in [2.24, 2.45) is 5.73 Å². The van der Waals surface area contributed by atoms with E-state index in [0.29, 0.717) is 6.07 Å². The Balaban J connectivity index is 2.14. The number of primary amides is 1. The summed E-state index contributed by atoms with van der Waals surface area (Å²) in [4.78, 5) is 18.1. The number of allylic oxidation sites excluding steroid dienone is 1. The number of hydrogen-bond donors (Lipinski definition) is 5. The number of anilines is 2. The van der Waals surface area contributed by atoms with E-state index in [1.165, 1.54) is 6.20 Å². The Bertz CT molecular complexity index is 920. The molecule has 0 atom stereocenters. The van der Waals surface area contributed by atoms with Gasteiger partial charge in [0.15, 0.2) is 23.3 Å². The van der Waals surface area contributed by atoms with Crippen LogP contribution in [0.3, 0.4) is 0 Å². The molecule has 1 aromatic carbocycles. The zero-order valence-electron chi connectivity index (χ0n) is 14.2. The minimum atomic E-state index is -1.39. The number of amides is 1. The number of nitrogens with zero attached hydrogens (tertiary/aromatic N) is 2. The minimum absolute atomic E-state index is 0.112. The average Bonchev–Trinajstić information content (AvgIpc) is 2.66. The number of nitrogens with two attached hydrogens (primary N) is 1. The third-order valence-electron chi connectivity index (χ3n) is 3.26. The molecule has 1 heterocycles. The summed E-state index contributed by atoms with van der Waals surface area (Å²) in [6.07, 6.45) is 2.90. The molecule has 0 saturated carbocycles. The predicted octanol–water partition coefficient (Wildman–Crippen LogP) is 1.62. The van der Waals surface area contributed by atoms with Gasteiger partial charge in [-0.25, -0.2) is 22.5 Å². The van der Waals surface area contributed by atoms with Gasteiger partial charge in [0.2, 0.25) is 11.9 Å². The maximum atomic E-state index is 13.9. The van der Waals surface area contributed by atoms with E-state index in [2.05, 4.69) is 25.9 Å². The Hall–Kier alpha value is -3.70. The second-order valence-corrected chi connectivity index (χ2v) is 5.28. The van der Waals surface area contributed by atoms with Gasteiger partial charge in [-0.3, -0.25) is 4.79 Å². The molecular formula is C16H15F4N7O. The van der Waals surface area contributed by atoms with Crippen molar-refractivity contribution in [3.63, 3.8) is 0 Å². The molecule has 1 amide bonds. The van der Waals surface area contributed by atoms with Crippen molar-refractivity contribution in [1.82, 2.24) is 15.3 Å². The van der Waals surface area contributed by atoms with Gasteiger partial charge in [-0.2, -0.15) is 4.98 Å². The Morgan fingerprint density at radius 2 is 1.89 bits per heavy atom. The maximum Gasteiger partial charge on any atom is 0.236 e. The number of halogens is 4. The highest BCUT2D eigenvalue weighted by Gasteiger charge is 2.15. The van der Waals surface area contributed by atoms with Crippen LogP contribution < -0.4 is 21.7 Å². The van der Waals surface area contributed by atoms with E-state index >= 15 is 0 Å². The molecule has 2 aromatic rings. The number of benzene rings is 1. The summed E-state index contributed by atoms with van der Waals surface area (Å²) in [5.74, 6) is -5.75. The van der Waals surface area contributed by atoms with Crippen molar-refractivity contribution in [3.05, 3.63) is 59.1 Å². The summed E-state index contributed by atoms with van der Waals surface area (Å²) < 4.78 is 54.4. The van der Waals surface area contributed by atoms with Gasteiger partial charge in [0.1, 0.15) is 5.82 Å². The second kappa shape index (κ2) is 9.30. The first-order valence-corrected chi connectivity index (χ1v) is 7.70. The number of aromatic nitrogens is 2. The van der Waals surface area contributed by atoms with Crippen LogP contribution in [0.25, 0.3) is 0 Å². The summed E-state index contributed by atoms with van der Waals surface area (Å²) >= 11 is 0. The summed E-state index contributed by atoms with van der Waals surface area (Å²) in [5, 5.41) is 14.7. The Morgan fingerprint density at radius 1 is 1.18 bits per heavy atom. The highest BCUT2D eigenvalue weighted by molar-refractivity contribution is 5.80. The molecule has 0 fully saturated rings. The minimum Gasteiger partial charge on any atom is -0.380 e. The normalized spacial score (nSPS) is 11.1. The summed E-state index contributed by atoms with van der Waals surface area (Å²) in [6, 6.07) is 1.39. The lowest BCUT2D eigenvalue weighted by molar-refractivity contribution is -0.117. The van der Waals surface area contributed by atoms with Crippen LogP contribution in [0.5, 0.6) is 0 Å². The van der Waals surface area contributed by atoms with E-state index < -0.39 is 47.1 Å². The molecule has 0 spiro atoms. The molecule has 28 heavy (non-hydrogen) atoms. The predicted molar refractivity (Wildman–Crippen MR) is 93.3 cm³/mol. The maximum absolute atomic E-state index is 13.9. The second-order valence-electron chi connectivity index (χ2n) is 5.28. The highest BCUT2D eigenvalue weighted by Crippen LogP contribution is 2.19. The van der Waals surface area contributed by atoms with Gasteiger partial charge in [-0.1, -0.05) is 0 Å². The lowest BCUT2D eigenvalue weighted by Gasteiger charge is -2.11. The number of rotatable bonds is 9. The lowest BCUT2D eigenvalue weighted by Crippen LogP contribution is -2.25. The van der Waals surface area contributed by atoms with Crippen LogP contribution >= 0.6 is 0 Å². The molecule has 8 nitrogen and oxygen atoms in total. The zero-order chi connectivity index (χ0) is 20.7. The lowest BCUT2D eigenvalue weighted by atomic mass is 10.2. The van der Waals surface area contributed by atoms with Crippen molar-refractivity contribution in [1.29, 1.82) is 5.41 Å². The Morgan fingerprint density at radius 3 is 2.57 bits per heavy atom. The first kappa shape index (κ1) is 20.6. The fourth-order valence-electron chi connectivity index (χ4n) is 1.96. The smallest absolute Gasteiger partial charge is 0.236 e. The van der Waals surface area contributed by atoms with Gasteiger partial charge < -0.3 is 27.1 Å². The number of carbonyl (C=O) groups excluding carboxylic acids is 1.